The summed E-state index contributed by atoms with van der Waals surface area (Å²) < 4.78 is 69.4. The van der Waals surface area contributed by atoms with Gasteiger partial charge in [-0.1, -0.05) is 82.2 Å². The number of aromatic nitrogens is 1. The highest BCUT2D eigenvalue weighted by Crippen LogP contribution is 2.47. The lowest BCUT2D eigenvalue weighted by Crippen LogP contribution is -2.58. The third-order valence-corrected chi connectivity index (χ3v) is 17.8. The van der Waals surface area contributed by atoms with Crippen LogP contribution < -0.4 is 0 Å². The molecule has 3 N–H and O–H groups in total. The molecule has 24 heteroatoms. The first-order valence-electron chi connectivity index (χ1n) is 27.8. The molecule has 446 valence electrons. The van der Waals surface area contributed by atoms with Crippen molar-refractivity contribution < 1.29 is 77.3 Å². The number of carbonyl (C=O) groups excluding carboxylic acids is 1. The van der Waals surface area contributed by atoms with Gasteiger partial charge in [-0.15, -0.1) is 11.3 Å². The predicted molar refractivity (Wildman–Crippen MR) is 293 cm³/mol. The molecule has 8 aliphatic rings. The molecule has 1 spiro atoms. The number of ether oxygens (including phenoxy) is 11. The molecule has 7 aliphatic heterocycles. The van der Waals surface area contributed by atoms with E-state index in [9.17, 15) is 30.2 Å². The number of esters is 1. The van der Waals surface area contributed by atoms with E-state index in [1.165, 1.54) is 11.3 Å². The molecule has 2 bridgehead atoms. The van der Waals surface area contributed by atoms with Gasteiger partial charge < -0.3 is 77.2 Å². The number of aliphatic hydroxyl groups excluding tert-OH is 2. The second-order valence-corrected chi connectivity index (χ2v) is 24.2. The number of methoxy groups -OCH3 is 2. The smallest absolute Gasteiger partial charge is 0.316 e. The molecule has 5 saturated heterocycles. The molecule has 20 atom stereocenters. The number of carbonyl (C=O) groups is 1. The largest absolute Gasteiger partial charge is 0.462 e. The standard InChI is InChI=1S/C48H72O14.C8H10ClN5O3S/c1-11-25(2)43-28(5)17-18-47(62-43)23-34-20-33(61-47)16-15-27(4)42(26(3)13-12-14-32-24-55-45-40(49)29(6)19-35(46(51)58-34)48(32,45)52)59-39-22-37(54-10)44(31(8)57-39)60-38-21-36(53-9)41(50)30(7)56-38;1-12-4-17-5-13(8(12)11-14(15)16)3-6-2-10-7(9)18-6/h12-15,17-19,25-26,28,30-31,33-45,49-50,52H,11,16,20-24H2,1-10H3;2H,3-5H2,1H3/b13-12+,27-15+,32-14+;11-8-/t25-,26-,28-,30-,31-,33+,34-,35-,36-,37-,38-,39-,40+,41-,42-,43+,44-,45+,47+,48+;/m0./s1. The Bertz CT molecular complexity index is 2500. The van der Waals surface area contributed by atoms with Gasteiger partial charge in [0, 0.05) is 69.9 Å². The molecule has 0 amide bonds. The molecule has 1 aromatic heterocycles. The summed E-state index contributed by atoms with van der Waals surface area (Å²) in [6.07, 6.45) is 10.2. The maximum Gasteiger partial charge on any atom is 0.316 e. The second kappa shape index (κ2) is 26.9. The first kappa shape index (κ1) is 62.3. The van der Waals surface area contributed by atoms with Gasteiger partial charge in [0.05, 0.1) is 55.9 Å². The number of rotatable bonds is 11. The molecule has 9 rings (SSSR count). The van der Waals surface area contributed by atoms with E-state index in [4.69, 9.17) is 63.7 Å². The number of halogens is 1. The van der Waals surface area contributed by atoms with Gasteiger partial charge in [0.1, 0.15) is 60.6 Å². The number of fused-ring (bicyclic) bond motifs is 2. The molecular weight excluding hydrogens is 1080 g/mol. The number of allylic oxidation sites excluding steroid dienone is 2. The Kier molecular flexibility index (Phi) is 20.9. The van der Waals surface area contributed by atoms with Crippen LogP contribution in [0.2, 0.25) is 4.47 Å². The molecule has 80 heavy (non-hydrogen) atoms. The zero-order chi connectivity index (χ0) is 57.8. The number of nitro groups is 1. The van der Waals surface area contributed by atoms with E-state index in [2.05, 4.69) is 49.9 Å². The highest BCUT2D eigenvalue weighted by molar-refractivity contribution is 7.15. The van der Waals surface area contributed by atoms with Crippen LogP contribution in [0.1, 0.15) is 98.8 Å². The van der Waals surface area contributed by atoms with Crippen molar-refractivity contribution in [3.8, 4) is 0 Å². The van der Waals surface area contributed by atoms with Crippen molar-refractivity contribution in [3.63, 3.8) is 0 Å². The van der Waals surface area contributed by atoms with Crippen molar-refractivity contribution in [1.29, 1.82) is 0 Å². The monoisotopic (exact) mass is 1160 g/mol. The number of hydrazone groups is 1. The van der Waals surface area contributed by atoms with E-state index in [-0.39, 0.29) is 62.1 Å². The Hall–Kier alpha value is -3.76. The van der Waals surface area contributed by atoms with Crippen molar-refractivity contribution in [2.75, 3.05) is 41.3 Å². The third kappa shape index (κ3) is 14.1. The highest BCUT2D eigenvalue weighted by atomic mass is 35.5. The Morgan fingerprint density at radius 2 is 1.71 bits per heavy atom. The summed E-state index contributed by atoms with van der Waals surface area (Å²) in [6.45, 7) is 17.0. The van der Waals surface area contributed by atoms with E-state index in [1.54, 1.807) is 63.3 Å². The topological polar surface area (TPSA) is 254 Å². The van der Waals surface area contributed by atoms with Crippen LogP contribution in [-0.4, -0.2) is 186 Å². The Balaban J connectivity index is 0.000000395. The number of aliphatic hydroxyl groups is 3. The van der Waals surface area contributed by atoms with Gasteiger partial charge in [0.15, 0.2) is 27.9 Å². The van der Waals surface area contributed by atoms with Gasteiger partial charge in [-0.05, 0) is 62.8 Å². The molecule has 5 fully saturated rings. The first-order chi connectivity index (χ1) is 38.1. The van der Waals surface area contributed by atoms with Gasteiger partial charge in [-0.25, -0.2) is 15.1 Å². The minimum atomic E-state index is -1.84. The van der Waals surface area contributed by atoms with Gasteiger partial charge in [0.2, 0.25) is 0 Å². The fourth-order valence-electron chi connectivity index (χ4n) is 12.1. The predicted octanol–water partition coefficient (Wildman–Crippen LogP) is 6.40. The average molecular weight is 1160 g/mol. The van der Waals surface area contributed by atoms with Crippen LogP contribution in [-0.2, 0) is 63.4 Å². The molecule has 0 unspecified atom stereocenters. The highest BCUT2D eigenvalue weighted by Gasteiger charge is 2.60. The fraction of sp³-hybridized carbons (Fsp3) is 0.732. The van der Waals surface area contributed by atoms with Crippen molar-refractivity contribution in [2.24, 2.45) is 28.8 Å². The molecule has 22 nitrogen and oxygen atoms in total. The van der Waals surface area contributed by atoms with Crippen LogP contribution in [0.4, 0.5) is 0 Å². The maximum absolute atomic E-state index is 14.3. The minimum Gasteiger partial charge on any atom is -0.462 e. The van der Waals surface area contributed by atoms with E-state index >= 15 is 0 Å². The van der Waals surface area contributed by atoms with Crippen LogP contribution in [0.3, 0.4) is 0 Å². The zero-order valence-electron chi connectivity index (χ0n) is 47.7. The zero-order valence-corrected chi connectivity index (χ0v) is 49.2. The third-order valence-electron chi connectivity index (χ3n) is 16.7. The molecule has 1 aliphatic carbocycles. The number of hydrogen-bond donors (Lipinski definition) is 3. The van der Waals surface area contributed by atoms with Crippen LogP contribution in [0.25, 0.3) is 0 Å². The van der Waals surface area contributed by atoms with Gasteiger partial charge in [-0.3, -0.25) is 4.79 Å². The fourth-order valence-corrected chi connectivity index (χ4v) is 13.1. The molecule has 0 radical (unpaired) electrons. The SMILES string of the molecule is CC[C@H](C)[C@H]1O[C@]2(C=C[C@@H]1C)C[C@@H]1C[C@@H](C/C=C(\C)[C@@H](O[C@H]3C[C@H](OC)[C@@H](O[C@H]4C[C@H](OC)[C@@H](O)[C@H](C)O4)[C@H](C)O3)[C@@H](C)/C=C/C=C3\CO[C@@H]4[C@H](O)C(C)=C[C@@H](C(=O)O1)[C@]34O)O2.CN1COCN(Cc2cnc(Cl)s2)/C1=N\[N+](=O)[O-]. The summed E-state index contributed by atoms with van der Waals surface area (Å²) in [4.78, 5) is 32.9. The van der Waals surface area contributed by atoms with Crippen LogP contribution >= 0.6 is 22.9 Å². The normalized spacial score (nSPS) is 42.2. The van der Waals surface area contributed by atoms with E-state index in [0.29, 0.717) is 54.3 Å². The Labute approximate surface area is 477 Å². The summed E-state index contributed by atoms with van der Waals surface area (Å²) >= 11 is 7.05. The number of nitrogens with zero attached hydrogens (tertiary/aromatic N) is 5. The summed E-state index contributed by atoms with van der Waals surface area (Å²) in [5.41, 5.74) is 0.134. The lowest BCUT2D eigenvalue weighted by molar-refractivity contribution is -0.486. The van der Waals surface area contributed by atoms with E-state index < -0.39 is 95.8 Å². The van der Waals surface area contributed by atoms with Gasteiger partial charge in [-0.2, -0.15) is 0 Å². The second-order valence-electron chi connectivity index (χ2n) is 22.5. The van der Waals surface area contributed by atoms with Crippen LogP contribution in [0, 0.1) is 33.8 Å². The van der Waals surface area contributed by atoms with Gasteiger partial charge >= 0.3 is 5.97 Å². The van der Waals surface area contributed by atoms with Gasteiger partial charge in [0.25, 0.3) is 5.96 Å². The lowest BCUT2D eigenvalue weighted by atomic mass is 9.71. The van der Waals surface area contributed by atoms with Crippen LogP contribution in [0.15, 0.2) is 70.5 Å². The summed E-state index contributed by atoms with van der Waals surface area (Å²) in [5.74, 6) is -2.30. The molecule has 1 aromatic rings. The Morgan fingerprint density at radius 3 is 2.41 bits per heavy atom. The van der Waals surface area contributed by atoms with Crippen LogP contribution in [0.5, 0.6) is 0 Å². The maximum atomic E-state index is 14.3. The molecule has 8 heterocycles. The lowest BCUT2D eigenvalue weighted by Gasteiger charge is -2.48. The summed E-state index contributed by atoms with van der Waals surface area (Å²) in [5, 5.41) is 47.4. The molecule has 0 saturated carbocycles. The summed E-state index contributed by atoms with van der Waals surface area (Å²) in [7, 11) is 4.89. The summed E-state index contributed by atoms with van der Waals surface area (Å²) in [6, 6.07) is 0. The van der Waals surface area contributed by atoms with Crippen molar-refractivity contribution >= 4 is 34.9 Å². The van der Waals surface area contributed by atoms with Crippen molar-refractivity contribution in [2.45, 2.75) is 198 Å². The van der Waals surface area contributed by atoms with E-state index in [0.717, 1.165) is 16.9 Å². The van der Waals surface area contributed by atoms with E-state index in [1.807, 2.05) is 32.1 Å². The van der Waals surface area contributed by atoms with Crippen molar-refractivity contribution in [3.05, 3.63) is 84.9 Å². The quantitative estimate of drug-likeness (QED) is 0.0938. The minimum absolute atomic E-state index is 0.0317. The number of hydrogen-bond acceptors (Lipinski definition) is 19. The first-order valence-corrected chi connectivity index (χ1v) is 29.0. The molecular formula is C56H82ClN5O17S. The van der Waals surface area contributed by atoms with Crippen molar-refractivity contribution in [1.82, 2.24) is 14.8 Å². The molecule has 0 aromatic carbocycles. The number of thiazole rings is 1. The number of guanidine groups is 1. The average Bonchev–Trinajstić information content (AvgIpc) is 4.12. The Morgan fingerprint density at radius 1 is 0.988 bits per heavy atom.